The van der Waals surface area contributed by atoms with Crippen LogP contribution in [-0.2, 0) is 4.79 Å². The number of halogens is 2. The van der Waals surface area contributed by atoms with Crippen LogP contribution in [0.25, 0.3) is 0 Å². The lowest BCUT2D eigenvalue weighted by Gasteiger charge is -2.22. The second-order valence-electron chi connectivity index (χ2n) is 5.82. The highest BCUT2D eigenvalue weighted by Crippen LogP contribution is 2.41. The monoisotopic (exact) mass is 450 g/mol. The maximum Gasteiger partial charge on any atom is 0.240 e. The predicted molar refractivity (Wildman–Crippen MR) is 101 cm³/mol. The Bertz CT molecular complexity index is 832. The first kappa shape index (κ1) is 17.2. The highest BCUT2D eigenvalue weighted by Gasteiger charge is 2.33. The number of nitrogens with zero attached hydrogens (tertiary/aromatic N) is 2. The number of aryl methyl sites for hydroxylation is 1. The molecule has 0 saturated carbocycles. The van der Waals surface area contributed by atoms with Crippen LogP contribution in [0.3, 0.4) is 0 Å². The molecule has 0 aliphatic carbocycles. The first-order valence-electron chi connectivity index (χ1n) is 7.49. The minimum atomic E-state index is -0.326. The SMILES string of the molecule is CC(=O)N1N=C(c2ccc(C)cc2)CC1c1cc(Br)cc(Br)c1O. The van der Waals surface area contributed by atoms with Gasteiger partial charge in [-0.25, -0.2) is 5.01 Å². The van der Waals surface area contributed by atoms with E-state index in [0.717, 1.165) is 15.7 Å². The molecule has 1 aliphatic rings. The zero-order valence-electron chi connectivity index (χ0n) is 13.3. The van der Waals surface area contributed by atoms with Crippen molar-refractivity contribution in [1.29, 1.82) is 0 Å². The summed E-state index contributed by atoms with van der Waals surface area (Å²) in [5.41, 5.74) is 3.66. The fourth-order valence-electron chi connectivity index (χ4n) is 2.80. The molecule has 6 heteroatoms. The number of hydrazone groups is 1. The van der Waals surface area contributed by atoms with E-state index in [0.29, 0.717) is 16.5 Å². The Hall–Kier alpha value is -1.66. The lowest BCUT2D eigenvalue weighted by atomic mass is 9.97. The first-order chi connectivity index (χ1) is 11.4. The van der Waals surface area contributed by atoms with E-state index in [9.17, 15) is 9.90 Å². The van der Waals surface area contributed by atoms with Gasteiger partial charge in [0.1, 0.15) is 5.75 Å². The summed E-state index contributed by atoms with van der Waals surface area (Å²) < 4.78 is 1.41. The van der Waals surface area contributed by atoms with E-state index in [1.54, 1.807) is 6.07 Å². The van der Waals surface area contributed by atoms with Crippen LogP contribution in [0.15, 0.2) is 50.4 Å². The molecule has 0 radical (unpaired) electrons. The molecule has 2 aromatic rings. The molecule has 0 fully saturated rings. The van der Waals surface area contributed by atoms with Crippen molar-refractivity contribution in [3.63, 3.8) is 0 Å². The number of aromatic hydroxyl groups is 1. The Balaban J connectivity index is 2.01. The predicted octanol–water partition coefficient (Wildman–Crippen LogP) is 4.92. The molecule has 1 aliphatic heterocycles. The average molecular weight is 452 g/mol. The van der Waals surface area contributed by atoms with E-state index in [1.165, 1.54) is 17.5 Å². The van der Waals surface area contributed by atoms with E-state index in [4.69, 9.17) is 0 Å². The summed E-state index contributed by atoms with van der Waals surface area (Å²) in [6.45, 7) is 3.51. The fraction of sp³-hybridized carbons (Fsp3) is 0.222. The Morgan fingerprint density at radius 1 is 1.25 bits per heavy atom. The molecule has 124 valence electrons. The lowest BCUT2D eigenvalue weighted by Crippen LogP contribution is -2.24. The third kappa shape index (κ3) is 3.26. The molecule has 3 rings (SSSR count). The Labute approximate surface area is 157 Å². The molecular weight excluding hydrogens is 436 g/mol. The normalized spacial score (nSPS) is 17.1. The number of carbonyl (C=O) groups excluding carboxylic acids is 1. The van der Waals surface area contributed by atoms with Crippen LogP contribution in [0.5, 0.6) is 5.75 Å². The molecule has 0 saturated heterocycles. The van der Waals surface area contributed by atoms with Gasteiger partial charge in [0.15, 0.2) is 0 Å². The van der Waals surface area contributed by atoms with E-state index >= 15 is 0 Å². The highest BCUT2D eigenvalue weighted by atomic mass is 79.9. The summed E-state index contributed by atoms with van der Waals surface area (Å²) in [4.78, 5) is 12.1. The zero-order chi connectivity index (χ0) is 17.4. The van der Waals surface area contributed by atoms with Crippen LogP contribution in [-0.4, -0.2) is 21.7 Å². The van der Waals surface area contributed by atoms with Crippen molar-refractivity contribution in [2.45, 2.75) is 26.3 Å². The van der Waals surface area contributed by atoms with Gasteiger partial charge in [-0.05, 0) is 40.5 Å². The summed E-state index contributed by atoms with van der Waals surface area (Å²) in [7, 11) is 0. The van der Waals surface area contributed by atoms with Crippen molar-refractivity contribution in [1.82, 2.24) is 5.01 Å². The van der Waals surface area contributed by atoms with Crippen molar-refractivity contribution in [2.24, 2.45) is 5.10 Å². The summed E-state index contributed by atoms with van der Waals surface area (Å²) in [6, 6.07) is 11.3. The highest BCUT2D eigenvalue weighted by molar-refractivity contribution is 9.11. The van der Waals surface area contributed by atoms with Crippen LogP contribution in [0, 0.1) is 6.92 Å². The van der Waals surface area contributed by atoms with Crippen LogP contribution < -0.4 is 0 Å². The molecule has 1 N–H and O–H groups in total. The standard InChI is InChI=1S/C18H16Br2N2O2/c1-10-3-5-12(6-4-10)16-9-17(22(21-16)11(2)23)14-7-13(19)8-15(20)18(14)24/h3-8,17,24H,9H2,1-2H3. The van der Waals surface area contributed by atoms with E-state index in [-0.39, 0.29) is 17.7 Å². The molecule has 1 heterocycles. The van der Waals surface area contributed by atoms with Crippen molar-refractivity contribution >= 4 is 43.5 Å². The van der Waals surface area contributed by atoms with Gasteiger partial charge in [0, 0.05) is 23.4 Å². The molecule has 0 spiro atoms. The van der Waals surface area contributed by atoms with Gasteiger partial charge in [-0.1, -0.05) is 45.8 Å². The summed E-state index contributed by atoms with van der Waals surface area (Å²) in [5.74, 6) is -0.0209. The van der Waals surface area contributed by atoms with Crippen molar-refractivity contribution < 1.29 is 9.90 Å². The summed E-state index contributed by atoms with van der Waals surface area (Å²) in [6.07, 6.45) is 0.555. The van der Waals surface area contributed by atoms with Gasteiger partial charge in [0.2, 0.25) is 5.91 Å². The molecule has 1 unspecified atom stereocenters. The third-order valence-electron chi connectivity index (χ3n) is 4.03. The number of hydrogen-bond acceptors (Lipinski definition) is 3. The van der Waals surface area contributed by atoms with Crippen LogP contribution >= 0.6 is 31.9 Å². The van der Waals surface area contributed by atoms with Crippen molar-refractivity contribution in [3.05, 3.63) is 62.0 Å². The van der Waals surface area contributed by atoms with Gasteiger partial charge in [-0.2, -0.15) is 5.10 Å². The Morgan fingerprint density at radius 2 is 1.92 bits per heavy atom. The molecule has 1 atom stereocenters. The topological polar surface area (TPSA) is 52.9 Å². The second kappa shape index (κ2) is 6.69. The number of rotatable bonds is 2. The number of phenolic OH excluding ortho intramolecular Hbond substituents is 1. The fourth-order valence-corrected chi connectivity index (χ4v) is 4.06. The van der Waals surface area contributed by atoms with Gasteiger partial charge < -0.3 is 5.11 Å². The maximum absolute atomic E-state index is 12.1. The summed E-state index contributed by atoms with van der Waals surface area (Å²) >= 11 is 6.79. The molecule has 1 amide bonds. The Kier molecular flexibility index (Phi) is 4.78. The van der Waals surface area contributed by atoms with Gasteiger partial charge >= 0.3 is 0 Å². The largest absolute Gasteiger partial charge is 0.506 e. The quantitative estimate of drug-likeness (QED) is 0.704. The van der Waals surface area contributed by atoms with Crippen LogP contribution in [0.4, 0.5) is 0 Å². The minimum absolute atomic E-state index is 0.134. The maximum atomic E-state index is 12.1. The number of phenols is 1. The first-order valence-corrected chi connectivity index (χ1v) is 9.07. The van der Waals surface area contributed by atoms with Crippen molar-refractivity contribution in [3.8, 4) is 5.75 Å². The smallest absolute Gasteiger partial charge is 0.240 e. The summed E-state index contributed by atoms with van der Waals surface area (Å²) in [5, 5.41) is 16.4. The minimum Gasteiger partial charge on any atom is -0.506 e. The number of amides is 1. The lowest BCUT2D eigenvalue weighted by molar-refractivity contribution is -0.130. The van der Waals surface area contributed by atoms with Gasteiger partial charge in [0.05, 0.1) is 16.2 Å². The van der Waals surface area contributed by atoms with Gasteiger partial charge in [-0.3, -0.25) is 4.79 Å². The number of hydrogen-bond donors (Lipinski definition) is 1. The molecule has 4 nitrogen and oxygen atoms in total. The third-order valence-corrected chi connectivity index (χ3v) is 5.10. The number of carbonyl (C=O) groups is 1. The van der Waals surface area contributed by atoms with E-state index < -0.39 is 0 Å². The van der Waals surface area contributed by atoms with Crippen LogP contribution in [0.2, 0.25) is 0 Å². The molecule has 24 heavy (non-hydrogen) atoms. The zero-order valence-corrected chi connectivity index (χ0v) is 16.4. The van der Waals surface area contributed by atoms with Gasteiger partial charge in [-0.15, -0.1) is 0 Å². The second-order valence-corrected chi connectivity index (χ2v) is 7.59. The molecule has 0 aromatic heterocycles. The number of benzene rings is 2. The van der Waals surface area contributed by atoms with E-state index in [2.05, 4.69) is 37.0 Å². The molecule has 0 bridgehead atoms. The Morgan fingerprint density at radius 3 is 2.54 bits per heavy atom. The molecule has 2 aromatic carbocycles. The average Bonchev–Trinajstić information content (AvgIpc) is 2.97. The molecular formula is C18H16Br2N2O2. The van der Waals surface area contributed by atoms with Gasteiger partial charge in [0.25, 0.3) is 0 Å². The van der Waals surface area contributed by atoms with Crippen LogP contribution in [0.1, 0.15) is 36.1 Å². The van der Waals surface area contributed by atoms with E-state index in [1.807, 2.05) is 37.3 Å². The van der Waals surface area contributed by atoms with Crippen molar-refractivity contribution in [2.75, 3.05) is 0 Å².